The molecule has 0 spiro atoms. The molecule has 0 radical (unpaired) electrons. The minimum atomic E-state index is -4.69. The van der Waals surface area contributed by atoms with Gasteiger partial charge in [0.15, 0.2) is 0 Å². The number of carbonyl (C=O) groups is 1. The maximum atomic E-state index is 12.0. The molecule has 1 saturated heterocycles. The van der Waals surface area contributed by atoms with Crippen molar-refractivity contribution in [1.29, 1.82) is 0 Å². The van der Waals surface area contributed by atoms with Gasteiger partial charge in [-0.1, -0.05) is 0 Å². The number of nitrogens with zero attached hydrogens (tertiary/aromatic N) is 1. The van der Waals surface area contributed by atoms with Crippen LogP contribution in [0.25, 0.3) is 0 Å². The van der Waals surface area contributed by atoms with Crippen molar-refractivity contribution in [2.24, 2.45) is 0 Å². The largest absolute Gasteiger partial charge is 0.573 e. The average molecular weight is 288 g/mol. The van der Waals surface area contributed by atoms with Crippen LogP contribution in [0.1, 0.15) is 12.8 Å². The topological polar surface area (TPSA) is 41.6 Å². The Hall–Kier alpha value is -1.92. The van der Waals surface area contributed by atoms with Crippen LogP contribution in [-0.2, 0) is 4.79 Å². The van der Waals surface area contributed by atoms with Gasteiger partial charge in [0.25, 0.3) is 0 Å². The fraction of sp³-hybridized carbons (Fsp3) is 0.462. The van der Waals surface area contributed by atoms with E-state index in [2.05, 4.69) is 10.1 Å². The lowest BCUT2D eigenvalue weighted by Crippen LogP contribution is -2.32. The molecule has 1 N–H and O–H groups in total. The first-order valence-electron chi connectivity index (χ1n) is 6.31. The molecule has 4 nitrogen and oxygen atoms in total. The number of ether oxygens (including phenoxy) is 1. The summed E-state index contributed by atoms with van der Waals surface area (Å²) < 4.78 is 39.7. The molecule has 2 rings (SSSR count). The van der Waals surface area contributed by atoms with E-state index in [1.54, 1.807) is 4.90 Å². The molecular weight excluding hydrogens is 273 g/mol. The normalized spacial score (nSPS) is 15.2. The van der Waals surface area contributed by atoms with E-state index in [0.717, 1.165) is 25.9 Å². The number of hydrogen-bond acceptors (Lipinski definition) is 3. The Morgan fingerprint density at radius 3 is 2.35 bits per heavy atom. The third-order valence-electron chi connectivity index (χ3n) is 2.99. The fourth-order valence-corrected chi connectivity index (χ4v) is 2.03. The van der Waals surface area contributed by atoms with Crippen LogP contribution in [0.2, 0.25) is 0 Å². The van der Waals surface area contributed by atoms with Crippen molar-refractivity contribution in [3.8, 4) is 5.75 Å². The van der Waals surface area contributed by atoms with Gasteiger partial charge in [-0.05, 0) is 37.1 Å². The molecule has 20 heavy (non-hydrogen) atoms. The Bertz CT molecular complexity index is 454. The summed E-state index contributed by atoms with van der Waals surface area (Å²) >= 11 is 0. The molecule has 0 unspecified atom stereocenters. The predicted molar refractivity (Wildman–Crippen MR) is 67.4 cm³/mol. The SMILES string of the molecule is O=C(CNc1ccc(OC(F)(F)F)cc1)N1CCCC1. The lowest BCUT2D eigenvalue weighted by atomic mass is 10.3. The van der Waals surface area contributed by atoms with Gasteiger partial charge < -0.3 is 15.0 Å². The maximum Gasteiger partial charge on any atom is 0.573 e. The van der Waals surface area contributed by atoms with Gasteiger partial charge in [0.05, 0.1) is 6.54 Å². The van der Waals surface area contributed by atoms with Crippen LogP contribution in [0.5, 0.6) is 5.75 Å². The lowest BCUT2D eigenvalue weighted by molar-refractivity contribution is -0.274. The number of halogens is 3. The Kier molecular flexibility index (Phi) is 4.36. The first-order chi connectivity index (χ1) is 9.44. The van der Waals surface area contributed by atoms with Crippen LogP contribution in [0, 0.1) is 0 Å². The van der Waals surface area contributed by atoms with Gasteiger partial charge in [-0.25, -0.2) is 0 Å². The molecule has 1 heterocycles. The summed E-state index contributed by atoms with van der Waals surface area (Å²) in [5, 5.41) is 2.88. The number of benzene rings is 1. The van der Waals surface area contributed by atoms with Crippen molar-refractivity contribution in [1.82, 2.24) is 4.90 Å². The Balaban J connectivity index is 1.83. The molecule has 0 aromatic heterocycles. The quantitative estimate of drug-likeness (QED) is 0.926. The van der Waals surface area contributed by atoms with Crippen LogP contribution in [-0.4, -0.2) is 36.8 Å². The predicted octanol–water partition coefficient (Wildman–Crippen LogP) is 2.62. The lowest BCUT2D eigenvalue weighted by Gasteiger charge is -2.16. The van der Waals surface area contributed by atoms with Crippen LogP contribution >= 0.6 is 0 Å². The second-order valence-electron chi connectivity index (χ2n) is 4.51. The van der Waals surface area contributed by atoms with E-state index in [4.69, 9.17) is 0 Å². The van der Waals surface area contributed by atoms with Crippen molar-refractivity contribution in [3.63, 3.8) is 0 Å². The molecule has 0 saturated carbocycles. The zero-order chi connectivity index (χ0) is 14.6. The minimum Gasteiger partial charge on any atom is -0.406 e. The van der Waals surface area contributed by atoms with E-state index in [9.17, 15) is 18.0 Å². The standard InChI is InChI=1S/C13H15F3N2O2/c14-13(15,16)20-11-5-3-10(4-6-11)17-9-12(19)18-7-1-2-8-18/h3-6,17H,1-2,7-9H2. The third-order valence-corrected chi connectivity index (χ3v) is 2.99. The number of nitrogens with one attached hydrogen (secondary N) is 1. The Morgan fingerprint density at radius 1 is 1.20 bits per heavy atom. The second-order valence-corrected chi connectivity index (χ2v) is 4.51. The van der Waals surface area contributed by atoms with Gasteiger partial charge in [0, 0.05) is 18.8 Å². The van der Waals surface area contributed by atoms with Gasteiger partial charge in [0.2, 0.25) is 5.91 Å². The average Bonchev–Trinajstić information content (AvgIpc) is 2.89. The number of rotatable bonds is 4. The molecule has 0 aliphatic carbocycles. The molecule has 1 aliphatic rings. The van der Waals surface area contributed by atoms with Crippen molar-refractivity contribution in [2.45, 2.75) is 19.2 Å². The highest BCUT2D eigenvalue weighted by Gasteiger charge is 2.30. The second kappa shape index (κ2) is 6.02. The van der Waals surface area contributed by atoms with Crippen LogP contribution in [0.15, 0.2) is 24.3 Å². The van der Waals surface area contributed by atoms with E-state index < -0.39 is 6.36 Å². The Morgan fingerprint density at radius 2 is 1.80 bits per heavy atom. The molecule has 7 heteroatoms. The summed E-state index contributed by atoms with van der Waals surface area (Å²) in [7, 11) is 0. The highest BCUT2D eigenvalue weighted by molar-refractivity contribution is 5.81. The first kappa shape index (κ1) is 14.5. The van der Waals surface area contributed by atoms with Gasteiger partial charge in [-0.3, -0.25) is 4.79 Å². The van der Waals surface area contributed by atoms with E-state index in [-0.39, 0.29) is 18.2 Å². The summed E-state index contributed by atoms with van der Waals surface area (Å²) in [4.78, 5) is 13.5. The van der Waals surface area contributed by atoms with Crippen molar-refractivity contribution < 1.29 is 22.7 Å². The summed E-state index contributed by atoms with van der Waals surface area (Å²) in [6, 6.07) is 5.29. The van der Waals surface area contributed by atoms with E-state index in [1.807, 2.05) is 0 Å². The zero-order valence-corrected chi connectivity index (χ0v) is 10.7. The van der Waals surface area contributed by atoms with Gasteiger partial charge in [-0.15, -0.1) is 13.2 Å². The smallest absolute Gasteiger partial charge is 0.406 e. The number of hydrogen-bond donors (Lipinski definition) is 1. The molecule has 1 amide bonds. The van der Waals surface area contributed by atoms with Crippen molar-refractivity contribution >= 4 is 11.6 Å². The number of alkyl halides is 3. The maximum absolute atomic E-state index is 12.0. The summed E-state index contributed by atoms with van der Waals surface area (Å²) in [5.41, 5.74) is 0.576. The molecule has 0 atom stereocenters. The summed E-state index contributed by atoms with van der Waals surface area (Å²) in [6.45, 7) is 1.69. The van der Waals surface area contributed by atoms with E-state index >= 15 is 0 Å². The van der Waals surface area contributed by atoms with Gasteiger partial charge >= 0.3 is 6.36 Å². The molecule has 1 aromatic rings. The number of amides is 1. The van der Waals surface area contributed by atoms with Gasteiger partial charge in [-0.2, -0.15) is 0 Å². The highest BCUT2D eigenvalue weighted by atomic mass is 19.4. The molecule has 1 aromatic carbocycles. The molecule has 110 valence electrons. The summed E-state index contributed by atoms with van der Waals surface area (Å²) in [6.07, 6.45) is -2.65. The number of carbonyl (C=O) groups excluding carboxylic acids is 1. The number of likely N-dealkylation sites (tertiary alicyclic amines) is 1. The first-order valence-corrected chi connectivity index (χ1v) is 6.31. The molecule has 0 bridgehead atoms. The fourth-order valence-electron chi connectivity index (χ4n) is 2.03. The third kappa shape index (κ3) is 4.32. The molecule has 1 fully saturated rings. The molecule has 1 aliphatic heterocycles. The van der Waals surface area contributed by atoms with Crippen molar-refractivity contribution in [2.75, 3.05) is 25.0 Å². The number of anilines is 1. The Labute approximate surface area is 114 Å². The monoisotopic (exact) mass is 288 g/mol. The van der Waals surface area contributed by atoms with E-state index in [1.165, 1.54) is 24.3 Å². The van der Waals surface area contributed by atoms with Crippen LogP contribution in [0.3, 0.4) is 0 Å². The van der Waals surface area contributed by atoms with Gasteiger partial charge in [0.1, 0.15) is 5.75 Å². The highest BCUT2D eigenvalue weighted by Crippen LogP contribution is 2.23. The van der Waals surface area contributed by atoms with Crippen LogP contribution in [0.4, 0.5) is 18.9 Å². The minimum absolute atomic E-state index is 0.00174. The molecular formula is C13H15F3N2O2. The summed E-state index contributed by atoms with van der Waals surface area (Å²) in [5.74, 6) is -0.285. The van der Waals surface area contributed by atoms with Crippen LogP contribution < -0.4 is 10.1 Å². The zero-order valence-electron chi connectivity index (χ0n) is 10.7. The van der Waals surface area contributed by atoms with Crippen molar-refractivity contribution in [3.05, 3.63) is 24.3 Å². The van der Waals surface area contributed by atoms with E-state index in [0.29, 0.717) is 5.69 Å².